The minimum atomic E-state index is -0.338. The lowest BCUT2D eigenvalue weighted by molar-refractivity contribution is 0.249. The summed E-state index contributed by atoms with van der Waals surface area (Å²) in [4.78, 5) is 20.5. The lowest BCUT2D eigenvalue weighted by Crippen LogP contribution is -2.32. The quantitative estimate of drug-likeness (QED) is 0.773. The molecule has 1 unspecified atom stereocenters. The minimum absolute atomic E-state index is 0.165. The predicted octanol–water partition coefficient (Wildman–Crippen LogP) is 2.97. The van der Waals surface area contributed by atoms with Crippen LogP contribution in [0.1, 0.15) is 24.2 Å². The van der Waals surface area contributed by atoms with Crippen LogP contribution in [0.4, 0.5) is 10.6 Å². The third-order valence-corrected chi connectivity index (χ3v) is 3.59. The highest BCUT2D eigenvalue weighted by molar-refractivity contribution is 6.30. The largest absolute Gasteiger partial charge is 0.331 e. The molecule has 2 N–H and O–H groups in total. The topological polar surface area (TPSA) is 84.2 Å². The van der Waals surface area contributed by atoms with Crippen LogP contribution in [0.25, 0.3) is 5.78 Å². The van der Waals surface area contributed by atoms with E-state index in [2.05, 4.69) is 25.7 Å². The number of rotatable bonds is 3. The molecule has 0 radical (unpaired) electrons. The van der Waals surface area contributed by atoms with Crippen molar-refractivity contribution in [3.05, 3.63) is 52.9 Å². The second-order valence-electron chi connectivity index (χ2n) is 5.13. The number of aromatic nitrogens is 4. The Morgan fingerprint density at radius 1 is 1.30 bits per heavy atom. The zero-order chi connectivity index (χ0) is 16.4. The van der Waals surface area contributed by atoms with Crippen LogP contribution in [0.3, 0.4) is 0 Å². The first kappa shape index (κ1) is 15.2. The number of urea groups is 1. The van der Waals surface area contributed by atoms with Gasteiger partial charge in [-0.1, -0.05) is 23.7 Å². The molecule has 2 aromatic heterocycles. The average Bonchev–Trinajstić information content (AvgIpc) is 2.96. The SMILES string of the molecule is Cc1cc(NC(=O)NC(C)c2ccc(Cl)cc2)n2ncnc2n1. The van der Waals surface area contributed by atoms with E-state index in [1.165, 1.54) is 10.8 Å². The van der Waals surface area contributed by atoms with E-state index in [-0.39, 0.29) is 12.1 Å². The molecule has 0 spiro atoms. The number of hydrogen-bond donors (Lipinski definition) is 2. The first-order valence-electron chi connectivity index (χ1n) is 7.03. The number of carbonyl (C=O) groups excluding carboxylic acids is 1. The van der Waals surface area contributed by atoms with Crippen molar-refractivity contribution in [2.75, 3.05) is 5.32 Å². The van der Waals surface area contributed by atoms with E-state index >= 15 is 0 Å². The van der Waals surface area contributed by atoms with Crippen LogP contribution in [-0.4, -0.2) is 25.6 Å². The number of nitrogens with one attached hydrogen (secondary N) is 2. The van der Waals surface area contributed by atoms with E-state index in [1.807, 2.05) is 26.0 Å². The van der Waals surface area contributed by atoms with E-state index in [1.54, 1.807) is 18.2 Å². The Kier molecular flexibility index (Phi) is 4.12. The molecule has 0 aliphatic heterocycles. The van der Waals surface area contributed by atoms with Crippen LogP contribution in [0.15, 0.2) is 36.7 Å². The van der Waals surface area contributed by atoms with E-state index in [4.69, 9.17) is 11.6 Å². The van der Waals surface area contributed by atoms with E-state index in [0.717, 1.165) is 11.3 Å². The predicted molar refractivity (Wildman–Crippen MR) is 87.5 cm³/mol. The molecule has 0 bridgehead atoms. The van der Waals surface area contributed by atoms with Crippen molar-refractivity contribution >= 4 is 29.2 Å². The van der Waals surface area contributed by atoms with Gasteiger partial charge in [-0.2, -0.15) is 14.6 Å². The van der Waals surface area contributed by atoms with Gasteiger partial charge >= 0.3 is 6.03 Å². The molecule has 0 aliphatic rings. The normalized spacial score (nSPS) is 12.1. The number of hydrogen-bond acceptors (Lipinski definition) is 4. The second kappa shape index (κ2) is 6.21. The number of halogens is 1. The highest BCUT2D eigenvalue weighted by Gasteiger charge is 2.12. The van der Waals surface area contributed by atoms with E-state index in [9.17, 15) is 4.79 Å². The Bertz CT molecular complexity index is 845. The molecule has 1 aromatic carbocycles. The van der Waals surface area contributed by atoms with Crippen LogP contribution in [0.5, 0.6) is 0 Å². The summed E-state index contributed by atoms with van der Waals surface area (Å²) in [6.45, 7) is 3.72. The number of anilines is 1. The van der Waals surface area contributed by atoms with Crippen molar-refractivity contribution in [1.82, 2.24) is 24.9 Å². The van der Waals surface area contributed by atoms with Crippen molar-refractivity contribution < 1.29 is 4.79 Å². The number of nitrogens with zero attached hydrogens (tertiary/aromatic N) is 4. The summed E-state index contributed by atoms with van der Waals surface area (Å²) in [5.74, 6) is 0.942. The van der Waals surface area contributed by atoms with Gasteiger partial charge in [-0.05, 0) is 31.5 Å². The maximum Gasteiger partial charge on any atom is 0.320 e. The number of benzene rings is 1. The summed E-state index contributed by atoms with van der Waals surface area (Å²) in [5, 5.41) is 10.3. The summed E-state index contributed by atoms with van der Waals surface area (Å²) < 4.78 is 1.47. The summed E-state index contributed by atoms with van der Waals surface area (Å²) in [5.41, 5.74) is 1.70. The maximum absolute atomic E-state index is 12.2. The molecule has 3 rings (SSSR count). The number of aryl methyl sites for hydroxylation is 1. The molecule has 23 heavy (non-hydrogen) atoms. The molecule has 7 nitrogen and oxygen atoms in total. The molecule has 3 aromatic rings. The van der Waals surface area contributed by atoms with E-state index in [0.29, 0.717) is 16.6 Å². The molecule has 1 atom stereocenters. The van der Waals surface area contributed by atoms with Crippen molar-refractivity contribution in [3.63, 3.8) is 0 Å². The smallest absolute Gasteiger partial charge is 0.320 e. The van der Waals surface area contributed by atoms with Crippen LogP contribution in [-0.2, 0) is 0 Å². The fourth-order valence-corrected chi connectivity index (χ4v) is 2.33. The second-order valence-corrected chi connectivity index (χ2v) is 5.56. The fraction of sp³-hybridized carbons (Fsp3) is 0.200. The lowest BCUT2D eigenvalue weighted by Gasteiger charge is -2.15. The molecular weight excluding hydrogens is 316 g/mol. The standard InChI is InChI=1S/C15H15ClN6O/c1-9-7-13(22-14(19-9)17-8-18-22)21-15(23)20-10(2)11-3-5-12(16)6-4-11/h3-8,10H,1-2H3,(H2,20,21,23). The van der Waals surface area contributed by atoms with Gasteiger partial charge in [0.15, 0.2) is 0 Å². The molecule has 8 heteroatoms. The number of fused-ring (bicyclic) bond motifs is 1. The van der Waals surface area contributed by atoms with Gasteiger partial charge < -0.3 is 5.32 Å². The van der Waals surface area contributed by atoms with Crippen molar-refractivity contribution in [1.29, 1.82) is 0 Å². The summed E-state index contributed by atoms with van der Waals surface area (Å²) in [6.07, 6.45) is 1.39. The van der Waals surface area contributed by atoms with Gasteiger partial charge in [0, 0.05) is 16.8 Å². The van der Waals surface area contributed by atoms with Crippen LogP contribution in [0, 0.1) is 6.92 Å². The zero-order valence-electron chi connectivity index (χ0n) is 12.6. The minimum Gasteiger partial charge on any atom is -0.331 e. The molecule has 0 saturated carbocycles. The van der Waals surface area contributed by atoms with Crippen LogP contribution >= 0.6 is 11.6 Å². The summed E-state index contributed by atoms with van der Waals surface area (Å²) in [7, 11) is 0. The van der Waals surface area contributed by atoms with Crippen molar-refractivity contribution in [2.24, 2.45) is 0 Å². The van der Waals surface area contributed by atoms with Gasteiger partial charge in [-0.25, -0.2) is 9.78 Å². The molecule has 0 aliphatic carbocycles. The summed E-state index contributed by atoms with van der Waals surface area (Å²) >= 11 is 5.87. The Hall–Kier alpha value is -2.67. The highest BCUT2D eigenvalue weighted by atomic mass is 35.5. The third kappa shape index (κ3) is 3.40. The molecule has 2 heterocycles. The monoisotopic (exact) mass is 330 g/mol. The number of amides is 2. The van der Waals surface area contributed by atoms with Crippen LogP contribution < -0.4 is 10.6 Å². The maximum atomic E-state index is 12.2. The highest BCUT2D eigenvalue weighted by Crippen LogP contribution is 2.16. The molecule has 0 fully saturated rings. The van der Waals surface area contributed by atoms with Gasteiger partial charge in [-0.3, -0.25) is 5.32 Å². The molecular formula is C15H15ClN6O. The van der Waals surface area contributed by atoms with Crippen molar-refractivity contribution in [3.8, 4) is 0 Å². The average molecular weight is 331 g/mol. The zero-order valence-corrected chi connectivity index (χ0v) is 13.4. The van der Waals surface area contributed by atoms with Crippen molar-refractivity contribution in [2.45, 2.75) is 19.9 Å². The van der Waals surface area contributed by atoms with Gasteiger partial charge in [-0.15, -0.1) is 0 Å². The van der Waals surface area contributed by atoms with Gasteiger partial charge in [0.05, 0.1) is 6.04 Å². The lowest BCUT2D eigenvalue weighted by atomic mass is 10.1. The van der Waals surface area contributed by atoms with E-state index < -0.39 is 0 Å². The van der Waals surface area contributed by atoms with Gasteiger partial charge in [0.2, 0.25) is 0 Å². The third-order valence-electron chi connectivity index (χ3n) is 3.34. The fourth-order valence-electron chi connectivity index (χ4n) is 2.20. The Morgan fingerprint density at radius 3 is 2.78 bits per heavy atom. The molecule has 0 saturated heterocycles. The van der Waals surface area contributed by atoms with Crippen LogP contribution in [0.2, 0.25) is 5.02 Å². The Balaban J connectivity index is 1.73. The molecule has 118 valence electrons. The van der Waals surface area contributed by atoms with Gasteiger partial charge in [0.1, 0.15) is 12.1 Å². The Morgan fingerprint density at radius 2 is 2.04 bits per heavy atom. The first-order chi connectivity index (χ1) is 11.0. The Labute approximate surface area is 137 Å². The first-order valence-corrected chi connectivity index (χ1v) is 7.41. The number of carbonyl (C=O) groups is 1. The van der Waals surface area contributed by atoms with Gasteiger partial charge in [0.25, 0.3) is 5.78 Å². The summed E-state index contributed by atoms with van der Waals surface area (Å²) in [6, 6.07) is 8.56. The molecule has 2 amide bonds.